The second-order valence-corrected chi connectivity index (χ2v) is 6.77. The Hall–Kier alpha value is -2.87. The minimum Gasteiger partial charge on any atom is -0.494 e. The predicted molar refractivity (Wildman–Crippen MR) is 103 cm³/mol. The van der Waals surface area contributed by atoms with Crippen LogP contribution in [0, 0.1) is 13.8 Å². The molecule has 0 amide bonds. The van der Waals surface area contributed by atoms with Crippen molar-refractivity contribution in [1.29, 1.82) is 0 Å². The van der Waals surface area contributed by atoms with E-state index in [9.17, 15) is 4.79 Å². The summed E-state index contributed by atoms with van der Waals surface area (Å²) >= 11 is 1.23. The number of hydrogen-bond acceptors (Lipinski definition) is 7. The van der Waals surface area contributed by atoms with E-state index >= 15 is 0 Å². The maximum Gasteiger partial charge on any atom is 0.321 e. The van der Waals surface area contributed by atoms with Crippen molar-refractivity contribution in [3.05, 3.63) is 53.6 Å². The summed E-state index contributed by atoms with van der Waals surface area (Å²) in [5.74, 6) is 0.926. The fourth-order valence-corrected chi connectivity index (χ4v) is 3.18. The van der Waals surface area contributed by atoms with Crippen molar-refractivity contribution in [3.63, 3.8) is 0 Å². The van der Waals surface area contributed by atoms with Crippen LogP contribution in [0.25, 0.3) is 5.69 Å². The quantitative estimate of drug-likeness (QED) is 0.351. The third-order valence-electron chi connectivity index (χ3n) is 3.71. The van der Waals surface area contributed by atoms with Crippen molar-refractivity contribution in [2.24, 2.45) is 0 Å². The number of thioether (sulfide) groups is 1. The van der Waals surface area contributed by atoms with Gasteiger partial charge in [0.15, 0.2) is 0 Å². The number of rotatable bonds is 7. The molecular weight excluding hydrogens is 364 g/mol. The Balaban J connectivity index is 1.62. The first kappa shape index (κ1) is 18.9. The summed E-state index contributed by atoms with van der Waals surface area (Å²) in [6.07, 6.45) is 0. The monoisotopic (exact) mass is 384 g/mol. The van der Waals surface area contributed by atoms with Crippen molar-refractivity contribution in [2.75, 3.05) is 12.4 Å². The molecule has 140 valence electrons. The summed E-state index contributed by atoms with van der Waals surface area (Å²) in [4.78, 5) is 12.1. The van der Waals surface area contributed by atoms with Gasteiger partial charge in [-0.2, -0.15) is 4.68 Å². The molecule has 0 aliphatic heterocycles. The summed E-state index contributed by atoms with van der Waals surface area (Å²) in [6.45, 7) is 6.53. The SMILES string of the molecule is CCOc1ccc(OC(=O)CSc2nnnn2-c2ccc(C)cc2C)cc1. The van der Waals surface area contributed by atoms with Gasteiger partial charge in [-0.1, -0.05) is 29.5 Å². The third-order valence-corrected chi connectivity index (χ3v) is 4.60. The van der Waals surface area contributed by atoms with Crippen LogP contribution in [0.15, 0.2) is 47.6 Å². The molecule has 2 aromatic carbocycles. The number of ether oxygens (including phenoxy) is 2. The molecule has 1 heterocycles. The Morgan fingerprint density at radius 1 is 1.11 bits per heavy atom. The van der Waals surface area contributed by atoms with Gasteiger partial charge in [0.05, 0.1) is 18.0 Å². The van der Waals surface area contributed by atoms with E-state index in [1.54, 1.807) is 28.9 Å². The first-order valence-electron chi connectivity index (χ1n) is 8.49. The van der Waals surface area contributed by atoms with Crippen molar-refractivity contribution >= 4 is 17.7 Å². The fourth-order valence-electron chi connectivity index (χ4n) is 2.52. The smallest absolute Gasteiger partial charge is 0.321 e. The van der Waals surface area contributed by atoms with Gasteiger partial charge in [0.1, 0.15) is 11.5 Å². The van der Waals surface area contributed by atoms with E-state index in [0.717, 1.165) is 22.6 Å². The average molecular weight is 384 g/mol. The molecule has 3 aromatic rings. The number of nitrogens with zero attached hydrogens (tertiary/aromatic N) is 4. The van der Waals surface area contributed by atoms with Gasteiger partial charge in [-0.05, 0) is 67.1 Å². The van der Waals surface area contributed by atoms with Crippen molar-refractivity contribution in [2.45, 2.75) is 25.9 Å². The number of tetrazole rings is 1. The molecule has 0 bridgehead atoms. The highest BCUT2D eigenvalue weighted by atomic mass is 32.2. The summed E-state index contributed by atoms with van der Waals surface area (Å²) in [5, 5.41) is 12.3. The standard InChI is InChI=1S/C19H20N4O3S/c1-4-25-15-6-8-16(9-7-15)26-18(24)12-27-19-20-21-22-23(19)17-10-5-13(2)11-14(17)3/h5-11H,4,12H2,1-3H3. The Bertz CT molecular complexity index is 925. The number of esters is 1. The molecule has 0 saturated carbocycles. The number of aromatic nitrogens is 4. The van der Waals surface area contributed by atoms with Gasteiger partial charge in [-0.25, -0.2) is 0 Å². The van der Waals surface area contributed by atoms with Gasteiger partial charge in [0, 0.05) is 0 Å². The van der Waals surface area contributed by atoms with E-state index in [0.29, 0.717) is 17.5 Å². The van der Waals surface area contributed by atoms with Crippen molar-refractivity contribution in [3.8, 4) is 17.2 Å². The lowest BCUT2D eigenvalue weighted by molar-refractivity contribution is -0.131. The zero-order chi connectivity index (χ0) is 19.2. The molecular formula is C19H20N4O3S. The zero-order valence-corrected chi connectivity index (χ0v) is 16.2. The summed E-state index contributed by atoms with van der Waals surface area (Å²) in [7, 11) is 0. The number of benzene rings is 2. The first-order chi connectivity index (χ1) is 13.1. The first-order valence-corrected chi connectivity index (χ1v) is 9.47. The van der Waals surface area contributed by atoms with Crippen LogP contribution in [0.5, 0.6) is 11.5 Å². The van der Waals surface area contributed by atoms with E-state index in [2.05, 4.69) is 21.6 Å². The maximum atomic E-state index is 12.1. The lowest BCUT2D eigenvalue weighted by Crippen LogP contribution is -2.11. The van der Waals surface area contributed by atoms with Crippen LogP contribution in [0.1, 0.15) is 18.1 Å². The van der Waals surface area contributed by atoms with Crippen LogP contribution >= 0.6 is 11.8 Å². The molecule has 0 atom stereocenters. The molecule has 7 nitrogen and oxygen atoms in total. The van der Waals surface area contributed by atoms with Crippen LogP contribution in [0.3, 0.4) is 0 Å². The molecule has 0 fully saturated rings. The molecule has 0 saturated heterocycles. The summed E-state index contributed by atoms with van der Waals surface area (Å²) in [5.41, 5.74) is 3.10. The summed E-state index contributed by atoms with van der Waals surface area (Å²) < 4.78 is 12.3. The van der Waals surface area contributed by atoms with Gasteiger partial charge >= 0.3 is 5.97 Å². The molecule has 8 heteroatoms. The molecule has 0 spiro atoms. The third kappa shape index (κ3) is 4.85. The van der Waals surface area contributed by atoms with Gasteiger partial charge in [0.25, 0.3) is 0 Å². The normalized spacial score (nSPS) is 10.6. The van der Waals surface area contributed by atoms with Gasteiger partial charge in [-0.15, -0.1) is 5.10 Å². The highest BCUT2D eigenvalue weighted by Gasteiger charge is 2.14. The van der Waals surface area contributed by atoms with Crippen LogP contribution in [0.2, 0.25) is 0 Å². The lowest BCUT2D eigenvalue weighted by atomic mass is 10.1. The maximum absolute atomic E-state index is 12.1. The van der Waals surface area contributed by atoms with E-state index in [1.807, 2.05) is 32.9 Å². The average Bonchev–Trinajstić information content (AvgIpc) is 3.10. The Morgan fingerprint density at radius 2 is 1.85 bits per heavy atom. The number of carbonyl (C=O) groups is 1. The molecule has 27 heavy (non-hydrogen) atoms. The molecule has 0 unspecified atom stereocenters. The molecule has 3 rings (SSSR count). The van der Waals surface area contributed by atoms with E-state index < -0.39 is 0 Å². The van der Waals surface area contributed by atoms with E-state index in [4.69, 9.17) is 9.47 Å². The Labute approximate surface area is 161 Å². The van der Waals surface area contributed by atoms with Crippen LogP contribution in [-0.4, -0.2) is 38.5 Å². The van der Waals surface area contributed by atoms with Crippen molar-refractivity contribution in [1.82, 2.24) is 20.2 Å². The second-order valence-electron chi connectivity index (χ2n) is 5.83. The minimum absolute atomic E-state index is 0.0957. The molecule has 0 aliphatic carbocycles. The van der Waals surface area contributed by atoms with Gasteiger partial charge in [0.2, 0.25) is 5.16 Å². The topological polar surface area (TPSA) is 79.1 Å². The Kier molecular flexibility index (Phi) is 6.08. The highest BCUT2D eigenvalue weighted by molar-refractivity contribution is 7.99. The highest BCUT2D eigenvalue weighted by Crippen LogP contribution is 2.22. The minimum atomic E-state index is -0.376. The van der Waals surface area contributed by atoms with E-state index in [1.165, 1.54) is 11.8 Å². The van der Waals surface area contributed by atoms with Crippen LogP contribution in [-0.2, 0) is 4.79 Å². The largest absolute Gasteiger partial charge is 0.494 e. The summed E-state index contributed by atoms with van der Waals surface area (Å²) in [6, 6.07) is 13.0. The van der Waals surface area contributed by atoms with Crippen LogP contribution in [0.4, 0.5) is 0 Å². The second kappa shape index (κ2) is 8.68. The predicted octanol–water partition coefficient (Wildman–Crippen LogP) is 3.38. The fraction of sp³-hybridized carbons (Fsp3) is 0.263. The Morgan fingerprint density at radius 3 is 2.56 bits per heavy atom. The van der Waals surface area contributed by atoms with Crippen molar-refractivity contribution < 1.29 is 14.3 Å². The lowest BCUT2D eigenvalue weighted by Gasteiger charge is -2.08. The van der Waals surface area contributed by atoms with Gasteiger partial charge in [-0.3, -0.25) is 4.79 Å². The molecule has 1 aromatic heterocycles. The number of aryl methyl sites for hydroxylation is 2. The number of hydrogen-bond donors (Lipinski definition) is 0. The van der Waals surface area contributed by atoms with Gasteiger partial charge < -0.3 is 9.47 Å². The molecule has 0 N–H and O–H groups in total. The van der Waals surface area contributed by atoms with Crippen LogP contribution < -0.4 is 9.47 Å². The van der Waals surface area contributed by atoms with E-state index in [-0.39, 0.29) is 11.7 Å². The zero-order valence-electron chi connectivity index (χ0n) is 15.4. The molecule has 0 radical (unpaired) electrons. The number of carbonyl (C=O) groups excluding carboxylic acids is 1. The molecule has 0 aliphatic rings.